The lowest BCUT2D eigenvalue weighted by Gasteiger charge is -2.55. The molecular weight excluding hydrogens is 468 g/mol. The molecule has 3 aromatic rings. The average Bonchev–Trinajstić information content (AvgIpc) is 2.77. The Morgan fingerprint density at radius 3 is 2.69 bits per heavy atom. The third-order valence-electron chi connectivity index (χ3n) is 6.90. The summed E-state index contributed by atoms with van der Waals surface area (Å²) in [5.74, 6) is 1.01. The first-order valence-electron chi connectivity index (χ1n) is 11.9. The Labute approximate surface area is 208 Å². The van der Waals surface area contributed by atoms with Gasteiger partial charge in [0.15, 0.2) is 18.2 Å². The van der Waals surface area contributed by atoms with Gasteiger partial charge >= 0.3 is 0 Å². The van der Waals surface area contributed by atoms with Crippen LogP contribution < -0.4 is 25.8 Å². The molecule has 1 spiro atoms. The SMILES string of the molecule is CNC(=O)COc1cc2cc(Nc3nc(N4CC5(CCC5)C4)ncc3Cl)ccc2n(C(C)C)c1=O. The summed E-state index contributed by atoms with van der Waals surface area (Å²) in [6.45, 7) is 5.62. The first-order chi connectivity index (χ1) is 16.8. The number of anilines is 3. The summed E-state index contributed by atoms with van der Waals surface area (Å²) in [5, 5.41) is 7.00. The molecule has 2 N–H and O–H groups in total. The largest absolute Gasteiger partial charge is 0.478 e. The number of benzene rings is 1. The van der Waals surface area contributed by atoms with E-state index >= 15 is 0 Å². The van der Waals surface area contributed by atoms with E-state index in [4.69, 9.17) is 16.3 Å². The molecular formula is C25H29ClN6O3. The van der Waals surface area contributed by atoms with E-state index in [1.54, 1.807) is 16.8 Å². The summed E-state index contributed by atoms with van der Waals surface area (Å²) >= 11 is 6.41. The van der Waals surface area contributed by atoms with Gasteiger partial charge in [-0.05, 0) is 51.0 Å². The highest BCUT2D eigenvalue weighted by Crippen LogP contribution is 2.49. The molecule has 1 aromatic carbocycles. The predicted octanol–water partition coefficient (Wildman–Crippen LogP) is 3.88. The molecule has 2 aromatic heterocycles. The minimum Gasteiger partial charge on any atom is -0.478 e. The summed E-state index contributed by atoms with van der Waals surface area (Å²) in [6, 6.07) is 7.24. The Hall–Kier alpha value is -3.33. The van der Waals surface area contributed by atoms with Crippen LogP contribution in [0.5, 0.6) is 5.75 Å². The van der Waals surface area contributed by atoms with Crippen molar-refractivity contribution >= 4 is 45.9 Å². The van der Waals surface area contributed by atoms with Crippen LogP contribution in [0.1, 0.15) is 39.2 Å². The summed E-state index contributed by atoms with van der Waals surface area (Å²) in [4.78, 5) is 35.9. The number of hydrogen-bond acceptors (Lipinski definition) is 7. The van der Waals surface area contributed by atoms with Gasteiger partial charge in [-0.2, -0.15) is 4.98 Å². The van der Waals surface area contributed by atoms with Crippen molar-refractivity contribution in [1.29, 1.82) is 0 Å². The molecule has 1 saturated heterocycles. The van der Waals surface area contributed by atoms with Crippen LogP contribution in [0.15, 0.2) is 35.3 Å². The molecule has 0 bridgehead atoms. The van der Waals surface area contributed by atoms with E-state index in [2.05, 4.69) is 25.5 Å². The third kappa shape index (κ3) is 4.40. The standard InChI is InChI=1S/C25H29ClN6O3/c1-15(2)32-19-6-5-17(9-16(19)10-20(23(32)34)35-12-21(33)27-3)29-22-18(26)11-28-24(30-22)31-13-25(14-31)7-4-8-25/h5-6,9-11,15H,4,7-8,12-14H2,1-3H3,(H,27,33)(H,28,29,30). The predicted molar refractivity (Wildman–Crippen MR) is 137 cm³/mol. The van der Waals surface area contributed by atoms with E-state index in [9.17, 15) is 9.59 Å². The first-order valence-corrected chi connectivity index (χ1v) is 12.2. The maximum Gasteiger partial charge on any atom is 0.293 e. The number of nitrogens with zero attached hydrogens (tertiary/aromatic N) is 4. The van der Waals surface area contributed by atoms with Crippen molar-refractivity contribution in [2.45, 2.75) is 39.2 Å². The monoisotopic (exact) mass is 496 g/mol. The normalized spacial score (nSPS) is 16.2. The second-order valence-electron chi connectivity index (χ2n) is 9.71. The Bertz CT molecular complexity index is 1340. The number of likely N-dealkylation sites (N-methyl/N-ethyl adjacent to an activating group) is 1. The fourth-order valence-electron chi connectivity index (χ4n) is 4.86. The molecule has 0 unspecified atom stereocenters. The number of carbonyl (C=O) groups is 1. The number of aromatic nitrogens is 3. The smallest absolute Gasteiger partial charge is 0.293 e. The van der Waals surface area contributed by atoms with Crippen molar-refractivity contribution in [2.24, 2.45) is 5.41 Å². The van der Waals surface area contributed by atoms with Gasteiger partial charge in [0, 0.05) is 42.7 Å². The van der Waals surface area contributed by atoms with Crippen LogP contribution in [0.4, 0.5) is 17.5 Å². The van der Waals surface area contributed by atoms with Crippen molar-refractivity contribution in [3.8, 4) is 5.75 Å². The molecule has 10 heteroatoms. The Balaban J connectivity index is 1.44. The van der Waals surface area contributed by atoms with Crippen LogP contribution >= 0.6 is 11.6 Å². The summed E-state index contributed by atoms with van der Waals surface area (Å²) in [7, 11) is 1.52. The second kappa shape index (κ2) is 9.03. The summed E-state index contributed by atoms with van der Waals surface area (Å²) in [5.41, 5.74) is 1.72. The number of amides is 1. The second-order valence-corrected chi connectivity index (χ2v) is 10.1. The summed E-state index contributed by atoms with van der Waals surface area (Å²) in [6.07, 6.45) is 5.51. The molecule has 1 aliphatic heterocycles. The van der Waals surface area contributed by atoms with Crippen molar-refractivity contribution < 1.29 is 9.53 Å². The maximum atomic E-state index is 13.0. The topological polar surface area (TPSA) is 101 Å². The van der Waals surface area contributed by atoms with Gasteiger partial charge in [0.1, 0.15) is 5.02 Å². The van der Waals surface area contributed by atoms with E-state index in [0.717, 1.165) is 29.7 Å². The van der Waals surface area contributed by atoms with Crippen molar-refractivity contribution in [2.75, 3.05) is 37.0 Å². The minimum absolute atomic E-state index is 0.0956. The van der Waals surface area contributed by atoms with E-state index in [-0.39, 0.29) is 29.9 Å². The van der Waals surface area contributed by atoms with Gasteiger partial charge in [-0.15, -0.1) is 0 Å². The van der Waals surface area contributed by atoms with Crippen molar-refractivity contribution in [3.63, 3.8) is 0 Å². The summed E-state index contributed by atoms with van der Waals surface area (Å²) < 4.78 is 7.21. The van der Waals surface area contributed by atoms with Gasteiger partial charge in [-0.25, -0.2) is 4.98 Å². The first kappa shape index (κ1) is 23.4. The highest BCUT2D eigenvalue weighted by Gasteiger charge is 2.48. The van der Waals surface area contributed by atoms with Crippen LogP contribution in [-0.2, 0) is 4.79 Å². The average molecular weight is 497 g/mol. The fraction of sp³-hybridized carbons (Fsp3) is 0.440. The van der Waals surface area contributed by atoms with Crippen LogP contribution in [0.2, 0.25) is 5.02 Å². The van der Waals surface area contributed by atoms with Gasteiger partial charge < -0.3 is 24.8 Å². The van der Waals surface area contributed by atoms with Gasteiger partial charge in [-0.1, -0.05) is 18.0 Å². The number of rotatable bonds is 7. The van der Waals surface area contributed by atoms with Crippen LogP contribution in [-0.4, -0.2) is 47.2 Å². The van der Waals surface area contributed by atoms with Gasteiger partial charge in [0.2, 0.25) is 5.95 Å². The number of nitrogens with one attached hydrogen (secondary N) is 2. The molecule has 1 saturated carbocycles. The number of fused-ring (bicyclic) bond motifs is 1. The van der Waals surface area contributed by atoms with Gasteiger partial charge in [-0.3, -0.25) is 9.59 Å². The Morgan fingerprint density at radius 1 is 1.26 bits per heavy atom. The zero-order chi connectivity index (χ0) is 24.7. The zero-order valence-corrected chi connectivity index (χ0v) is 20.9. The minimum atomic E-state index is -0.310. The quantitative estimate of drug-likeness (QED) is 0.511. The number of hydrogen-bond donors (Lipinski definition) is 2. The molecule has 3 heterocycles. The molecule has 1 aliphatic carbocycles. The Kier molecular flexibility index (Phi) is 6.04. The lowest BCUT2D eigenvalue weighted by atomic mass is 9.64. The number of halogens is 1. The molecule has 0 atom stereocenters. The maximum absolute atomic E-state index is 13.0. The Morgan fingerprint density at radius 2 is 2.03 bits per heavy atom. The van der Waals surface area contributed by atoms with E-state index in [1.165, 1.54) is 26.3 Å². The number of ether oxygens (including phenoxy) is 1. The fourth-order valence-corrected chi connectivity index (χ4v) is 5.00. The number of pyridine rings is 1. The van der Waals surface area contributed by atoms with E-state index in [1.807, 2.05) is 32.0 Å². The molecule has 35 heavy (non-hydrogen) atoms. The molecule has 184 valence electrons. The van der Waals surface area contributed by atoms with Crippen molar-refractivity contribution in [3.05, 3.63) is 45.8 Å². The lowest BCUT2D eigenvalue weighted by Crippen LogP contribution is -2.60. The van der Waals surface area contributed by atoms with Crippen LogP contribution in [0, 0.1) is 5.41 Å². The molecule has 2 fully saturated rings. The lowest BCUT2D eigenvalue weighted by molar-refractivity contribution is -0.122. The molecule has 0 radical (unpaired) electrons. The molecule has 1 amide bonds. The highest BCUT2D eigenvalue weighted by atomic mass is 35.5. The third-order valence-corrected chi connectivity index (χ3v) is 7.18. The van der Waals surface area contributed by atoms with Crippen molar-refractivity contribution in [1.82, 2.24) is 19.9 Å². The zero-order valence-electron chi connectivity index (χ0n) is 20.1. The van der Waals surface area contributed by atoms with Crippen LogP contribution in [0.3, 0.4) is 0 Å². The van der Waals surface area contributed by atoms with E-state index in [0.29, 0.717) is 22.2 Å². The van der Waals surface area contributed by atoms with Crippen LogP contribution in [0.25, 0.3) is 10.9 Å². The molecule has 2 aliphatic rings. The van der Waals surface area contributed by atoms with Gasteiger partial charge in [0.25, 0.3) is 11.5 Å². The molecule has 9 nitrogen and oxygen atoms in total. The highest BCUT2D eigenvalue weighted by molar-refractivity contribution is 6.32. The molecule has 5 rings (SSSR count). The van der Waals surface area contributed by atoms with Gasteiger partial charge in [0.05, 0.1) is 11.7 Å². The van der Waals surface area contributed by atoms with E-state index < -0.39 is 0 Å². The number of carbonyl (C=O) groups excluding carboxylic acids is 1.